The third-order valence-corrected chi connectivity index (χ3v) is 2.61. The predicted octanol–water partition coefficient (Wildman–Crippen LogP) is 3.27. The van der Waals surface area contributed by atoms with Gasteiger partial charge in [-0.05, 0) is 19.4 Å². The monoisotopic (exact) mass is 261 g/mol. The minimum absolute atomic E-state index is 0.255. The molecule has 0 aliphatic rings. The van der Waals surface area contributed by atoms with E-state index < -0.39 is 12.7 Å². The van der Waals surface area contributed by atoms with E-state index >= 15 is 0 Å². The summed E-state index contributed by atoms with van der Waals surface area (Å²) in [7, 11) is 0. The topological polar surface area (TPSA) is 23.5 Å². The van der Waals surface area contributed by atoms with Gasteiger partial charge in [-0.3, -0.25) is 0 Å². The molecule has 1 aromatic carbocycles. The average molecular weight is 261 g/mol. The van der Waals surface area contributed by atoms with Crippen molar-refractivity contribution in [2.24, 2.45) is 0 Å². The van der Waals surface area contributed by atoms with Crippen LogP contribution in [-0.4, -0.2) is 24.4 Å². The molecule has 2 nitrogen and oxygen atoms in total. The Morgan fingerprint density at radius 3 is 2.44 bits per heavy atom. The molecule has 1 N–H and O–H groups in total. The number of anilines is 1. The van der Waals surface area contributed by atoms with Gasteiger partial charge in [-0.2, -0.15) is 13.2 Å². The molecular formula is C13H18F3NO. The molecule has 18 heavy (non-hydrogen) atoms. The highest BCUT2D eigenvalue weighted by atomic mass is 19.4. The summed E-state index contributed by atoms with van der Waals surface area (Å²) in [4.78, 5) is 1.27. The molecule has 0 aromatic heterocycles. The second kappa shape index (κ2) is 6.09. The van der Waals surface area contributed by atoms with Crippen LogP contribution in [0.15, 0.2) is 18.2 Å². The number of halogens is 3. The van der Waals surface area contributed by atoms with Gasteiger partial charge in [-0.25, -0.2) is 0 Å². The first-order valence-electron chi connectivity index (χ1n) is 5.89. The van der Waals surface area contributed by atoms with Crippen LogP contribution >= 0.6 is 0 Å². The van der Waals surface area contributed by atoms with E-state index in [2.05, 4.69) is 0 Å². The number of aryl methyl sites for hydroxylation is 1. The van der Waals surface area contributed by atoms with E-state index in [1.807, 2.05) is 13.8 Å². The highest BCUT2D eigenvalue weighted by Crippen LogP contribution is 2.26. The van der Waals surface area contributed by atoms with Crippen molar-refractivity contribution >= 4 is 5.69 Å². The maximum atomic E-state index is 12.5. The van der Waals surface area contributed by atoms with Gasteiger partial charge in [-0.1, -0.05) is 24.6 Å². The third-order valence-electron chi connectivity index (χ3n) is 2.61. The number of nitrogens with zero attached hydrogens (tertiary/aromatic N) is 1. The smallest absolute Gasteiger partial charge is 0.392 e. The van der Waals surface area contributed by atoms with E-state index in [1.54, 1.807) is 18.2 Å². The molecule has 0 aliphatic heterocycles. The largest absolute Gasteiger partial charge is 0.405 e. The Labute approximate surface area is 105 Å². The lowest BCUT2D eigenvalue weighted by atomic mass is 10.1. The number of aliphatic hydroxyl groups is 1. The minimum Gasteiger partial charge on any atom is -0.392 e. The van der Waals surface area contributed by atoms with Crippen molar-refractivity contribution < 1.29 is 18.3 Å². The van der Waals surface area contributed by atoms with Crippen LogP contribution in [0.5, 0.6) is 0 Å². The van der Waals surface area contributed by atoms with E-state index in [4.69, 9.17) is 0 Å². The summed E-state index contributed by atoms with van der Waals surface area (Å²) in [5.74, 6) is 0. The van der Waals surface area contributed by atoms with Crippen LogP contribution in [0.1, 0.15) is 24.5 Å². The average Bonchev–Trinajstić information content (AvgIpc) is 2.26. The van der Waals surface area contributed by atoms with Crippen molar-refractivity contribution in [3.8, 4) is 0 Å². The lowest BCUT2D eigenvalue weighted by Crippen LogP contribution is -2.35. The summed E-state index contributed by atoms with van der Waals surface area (Å²) in [5.41, 5.74) is 1.92. The van der Waals surface area contributed by atoms with Crippen LogP contribution in [0.4, 0.5) is 18.9 Å². The number of hydrogen-bond acceptors (Lipinski definition) is 2. The number of hydrogen-bond donors (Lipinski definition) is 1. The summed E-state index contributed by atoms with van der Waals surface area (Å²) in [5, 5.41) is 9.25. The molecule has 0 amide bonds. The lowest BCUT2D eigenvalue weighted by molar-refractivity contribution is -0.119. The Morgan fingerprint density at radius 1 is 1.28 bits per heavy atom. The first-order valence-corrected chi connectivity index (χ1v) is 5.89. The highest BCUT2D eigenvalue weighted by molar-refractivity contribution is 5.55. The molecule has 0 bridgehead atoms. The van der Waals surface area contributed by atoms with E-state index in [-0.39, 0.29) is 6.61 Å². The van der Waals surface area contributed by atoms with Gasteiger partial charge in [0, 0.05) is 17.8 Å². The van der Waals surface area contributed by atoms with Gasteiger partial charge in [0.1, 0.15) is 6.54 Å². The Morgan fingerprint density at radius 2 is 1.94 bits per heavy atom. The van der Waals surface area contributed by atoms with Crippen LogP contribution in [0, 0.1) is 6.92 Å². The highest BCUT2D eigenvalue weighted by Gasteiger charge is 2.31. The summed E-state index contributed by atoms with van der Waals surface area (Å²) in [6, 6.07) is 5.12. The fraction of sp³-hybridized carbons (Fsp3) is 0.538. The molecule has 0 fully saturated rings. The Hall–Kier alpha value is -1.23. The zero-order chi connectivity index (χ0) is 13.8. The van der Waals surface area contributed by atoms with Gasteiger partial charge in [0.25, 0.3) is 0 Å². The Bertz CT molecular complexity index is 390. The number of rotatable bonds is 5. The van der Waals surface area contributed by atoms with Gasteiger partial charge in [0.05, 0.1) is 6.61 Å². The minimum atomic E-state index is -4.24. The van der Waals surface area contributed by atoms with Crippen LogP contribution in [0.2, 0.25) is 0 Å². The van der Waals surface area contributed by atoms with Crippen molar-refractivity contribution in [1.82, 2.24) is 0 Å². The Kier molecular flexibility index (Phi) is 5.02. The molecule has 0 aliphatic carbocycles. The second-order valence-electron chi connectivity index (χ2n) is 4.33. The molecule has 5 heteroatoms. The molecule has 0 radical (unpaired) electrons. The molecule has 1 rings (SSSR count). The number of alkyl halides is 3. The third kappa shape index (κ3) is 4.22. The molecule has 0 heterocycles. The fourth-order valence-electron chi connectivity index (χ4n) is 1.92. The van der Waals surface area contributed by atoms with Crippen molar-refractivity contribution in [2.75, 3.05) is 18.0 Å². The normalized spacial score (nSPS) is 11.7. The molecular weight excluding hydrogens is 243 g/mol. The van der Waals surface area contributed by atoms with Gasteiger partial charge in [-0.15, -0.1) is 0 Å². The maximum absolute atomic E-state index is 12.5. The van der Waals surface area contributed by atoms with Crippen LogP contribution in [-0.2, 0) is 6.61 Å². The van der Waals surface area contributed by atoms with E-state index in [1.165, 1.54) is 4.90 Å². The van der Waals surface area contributed by atoms with E-state index in [9.17, 15) is 18.3 Å². The SMILES string of the molecule is CCCN(CC(F)(F)F)c1ccc(C)cc1CO. The number of benzene rings is 1. The van der Waals surface area contributed by atoms with Crippen molar-refractivity contribution in [2.45, 2.75) is 33.1 Å². The number of aliphatic hydroxyl groups excluding tert-OH is 1. The first-order chi connectivity index (χ1) is 8.37. The summed E-state index contributed by atoms with van der Waals surface area (Å²) in [6.07, 6.45) is -3.62. The molecule has 1 aromatic rings. The quantitative estimate of drug-likeness (QED) is 0.879. The van der Waals surface area contributed by atoms with Crippen LogP contribution < -0.4 is 4.90 Å². The zero-order valence-electron chi connectivity index (χ0n) is 10.6. The summed E-state index contributed by atoms with van der Waals surface area (Å²) < 4.78 is 37.6. The molecule has 0 unspecified atom stereocenters. The standard InChI is InChI=1S/C13H18F3NO/c1-3-6-17(9-13(14,15)16)12-5-4-10(2)7-11(12)8-18/h4-5,7,18H,3,6,8-9H2,1-2H3. The zero-order valence-corrected chi connectivity index (χ0v) is 10.6. The van der Waals surface area contributed by atoms with Gasteiger partial charge in [0.15, 0.2) is 0 Å². The van der Waals surface area contributed by atoms with Crippen molar-refractivity contribution in [1.29, 1.82) is 0 Å². The van der Waals surface area contributed by atoms with E-state index in [0.717, 1.165) is 5.56 Å². The van der Waals surface area contributed by atoms with Gasteiger partial charge >= 0.3 is 6.18 Å². The van der Waals surface area contributed by atoms with Crippen LogP contribution in [0.3, 0.4) is 0 Å². The summed E-state index contributed by atoms with van der Waals surface area (Å²) >= 11 is 0. The van der Waals surface area contributed by atoms with Crippen molar-refractivity contribution in [3.05, 3.63) is 29.3 Å². The molecule has 0 saturated heterocycles. The molecule has 0 atom stereocenters. The molecule has 0 spiro atoms. The van der Waals surface area contributed by atoms with Crippen molar-refractivity contribution in [3.63, 3.8) is 0 Å². The lowest BCUT2D eigenvalue weighted by Gasteiger charge is -2.27. The first kappa shape index (κ1) is 14.8. The second-order valence-corrected chi connectivity index (χ2v) is 4.33. The van der Waals surface area contributed by atoms with Crippen LogP contribution in [0.25, 0.3) is 0 Å². The Balaban J connectivity index is 3.04. The maximum Gasteiger partial charge on any atom is 0.405 e. The van der Waals surface area contributed by atoms with Gasteiger partial charge < -0.3 is 10.0 Å². The summed E-state index contributed by atoms with van der Waals surface area (Å²) in [6.45, 7) is 2.74. The van der Waals surface area contributed by atoms with E-state index in [0.29, 0.717) is 24.2 Å². The molecule has 102 valence electrons. The fourth-order valence-corrected chi connectivity index (χ4v) is 1.92. The molecule has 0 saturated carbocycles. The predicted molar refractivity (Wildman–Crippen MR) is 65.7 cm³/mol. The van der Waals surface area contributed by atoms with Gasteiger partial charge in [0.2, 0.25) is 0 Å².